The number of nitrogens with zero attached hydrogens (tertiary/aromatic N) is 1. The summed E-state index contributed by atoms with van der Waals surface area (Å²) < 4.78 is 0. The summed E-state index contributed by atoms with van der Waals surface area (Å²) in [6.07, 6.45) is 5.13. The van der Waals surface area contributed by atoms with E-state index in [1.807, 2.05) is 30.3 Å². The van der Waals surface area contributed by atoms with Gasteiger partial charge in [-0.15, -0.1) is 0 Å². The van der Waals surface area contributed by atoms with Crippen LogP contribution in [0.1, 0.15) is 17.5 Å². The van der Waals surface area contributed by atoms with E-state index < -0.39 is 0 Å². The van der Waals surface area contributed by atoms with Crippen LogP contribution in [0.15, 0.2) is 30.3 Å². The van der Waals surface area contributed by atoms with Gasteiger partial charge in [0.1, 0.15) is 0 Å². The normalized spacial score (nSPS) is 10.2. The number of rotatable bonds is 3. The van der Waals surface area contributed by atoms with Crippen LogP contribution in [-0.2, 0) is 0 Å². The van der Waals surface area contributed by atoms with Crippen molar-refractivity contribution >= 4 is 22.0 Å². The van der Waals surface area contributed by atoms with Gasteiger partial charge in [0.2, 0.25) is 0 Å². The van der Waals surface area contributed by atoms with Crippen LogP contribution in [0.4, 0.5) is 0 Å². The highest BCUT2D eigenvalue weighted by molar-refractivity contribution is 9.09. The zero-order valence-corrected chi connectivity index (χ0v) is 8.79. The molecule has 0 amide bonds. The molecule has 1 nitrogen and oxygen atoms in total. The summed E-state index contributed by atoms with van der Waals surface area (Å²) in [5, 5.41) is 9.63. The summed E-state index contributed by atoms with van der Waals surface area (Å²) in [5.41, 5.74) is 1.79. The predicted octanol–water partition coefficient (Wildman–Crippen LogP) is 3.36. The molecule has 0 spiro atoms. The van der Waals surface area contributed by atoms with Crippen LogP contribution in [0.5, 0.6) is 0 Å². The van der Waals surface area contributed by atoms with Gasteiger partial charge in [-0.25, -0.2) is 0 Å². The highest BCUT2D eigenvalue weighted by atomic mass is 79.9. The Kier molecular flexibility index (Phi) is 4.28. The molecule has 0 saturated carbocycles. The molecule has 2 heteroatoms. The molecule has 0 fully saturated rings. The summed E-state index contributed by atoms with van der Waals surface area (Å²) in [5.74, 6) is 0. The van der Waals surface area contributed by atoms with Crippen molar-refractivity contribution in [3.8, 4) is 6.07 Å². The Morgan fingerprint density at radius 1 is 1.46 bits per heavy atom. The number of hydrogen-bond donors (Lipinski definition) is 0. The molecule has 1 aromatic carbocycles. The van der Waals surface area contributed by atoms with E-state index in [0.29, 0.717) is 5.56 Å². The Balaban J connectivity index is 2.73. The van der Waals surface area contributed by atoms with Gasteiger partial charge >= 0.3 is 0 Å². The van der Waals surface area contributed by atoms with Crippen LogP contribution in [0.2, 0.25) is 0 Å². The third kappa shape index (κ3) is 3.43. The first-order valence-corrected chi connectivity index (χ1v) is 5.21. The molecule has 0 aliphatic heterocycles. The lowest BCUT2D eigenvalue weighted by Gasteiger charge is -1.92. The van der Waals surface area contributed by atoms with Crippen LogP contribution in [0.25, 0.3) is 6.08 Å². The minimum atomic E-state index is 0.709. The van der Waals surface area contributed by atoms with Gasteiger partial charge in [-0.3, -0.25) is 0 Å². The van der Waals surface area contributed by atoms with Crippen molar-refractivity contribution in [2.24, 2.45) is 0 Å². The number of allylic oxidation sites excluding steroid dienone is 1. The topological polar surface area (TPSA) is 23.8 Å². The monoisotopic (exact) mass is 235 g/mol. The molecule has 0 radical (unpaired) electrons. The zero-order chi connectivity index (χ0) is 9.52. The summed E-state index contributed by atoms with van der Waals surface area (Å²) in [4.78, 5) is 0. The quantitative estimate of drug-likeness (QED) is 0.738. The molecule has 0 N–H and O–H groups in total. The minimum Gasteiger partial charge on any atom is -0.192 e. The lowest BCUT2D eigenvalue weighted by Crippen LogP contribution is -1.76. The molecular weight excluding hydrogens is 226 g/mol. The third-order valence-electron chi connectivity index (χ3n) is 1.60. The molecular formula is C11H10BrN. The second-order valence-corrected chi connectivity index (χ2v) is 3.41. The average molecular weight is 236 g/mol. The Bertz CT molecular complexity index is 336. The van der Waals surface area contributed by atoms with Gasteiger partial charge in [-0.1, -0.05) is 40.2 Å². The SMILES string of the molecule is N#Cc1cccc(C=CCCBr)c1. The van der Waals surface area contributed by atoms with Crippen molar-refractivity contribution in [3.05, 3.63) is 41.5 Å². The van der Waals surface area contributed by atoms with Crippen LogP contribution >= 0.6 is 15.9 Å². The molecule has 0 aromatic heterocycles. The van der Waals surface area contributed by atoms with Crippen molar-refractivity contribution in [1.29, 1.82) is 5.26 Å². The smallest absolute Gasteiger partial charge is 0.0991 e. The Morgan fingerprint density at radius 3 is 3.00 bits per heavy atom. The van der Waals surface area contributed by atoms with Gasteiger partial charge in [0.05, 0.1) is 11.6 Å². The van der Waals surface area contributed by atoms with Crippen molar-refractivity contribution < 1.29 is 0 Å². The number of hydrogen-bond acceptors (Lipinski definition) is 1. The van der Waals surface area contributed by atoms with Crippen molar-refractivity contribution in [1.82, 2.24) is 0 Å². The molecule has 13 heavy (non-hydrogen) atoms. The summed E-state index contributed by atoms with van der Waals surface area (Å²) in [7, 11) is 0. The summed E-state index contributed by atoms with van der Waals surface area (Å²) >= 11 is 3.35. The fourth-order valence-electron chi connectivity index (χ4n) is 0.994. The lowest BCUT2D eigenvalue weighted by molar-refractivity contribution is 1.27. The second-order valence-electron chi connectivity index (χ2n) is 2.62. The van der Waals surface area contributed by atoms with E-state index in [1.54, 1.807) is 0 Å². The van der Waals surface area contributed by atoms with Gasteiger partial charge < -0.3 is 0 Å². The molecule has 0 unspecified atom stereocenters. The average Bonchev–Trinajstić information content (AvgIpc) is 2.19. The van der Waals surface area contributed by atoms with Crippen molar-refractivity contribution in [2.45, 2.75) is 6.42 Å². The molecule has 1 aromatic rings. The predicted molar refractivity (Wildman–Crippen MR) is 58.6 cm³/mol. The van der Waals surface area contributed by atoms with Crippen LogP contribution in [0.3, 0.4) is 0 Å². The highest BCUT2D eigenvalue weighted by Crippen LogP contribution is 2.06. The molecule has 0 bridgehead atoms. The zero-order valence-electron chi connectivity index (χ0n) is 7.20. The molecule has 0 atom stereocenters. The van der Waals surface area contributed by atoms with E-state index in [1.165, 1.54) is 0 Å². The van der Waals surface area contributed by atoms with Gasteiger partial charge in [-0.2, -0.15) is 5.26 Å². The molecule has 0 heterocycles. The molecule has 1 rings (SSSR count). The van der Waals surface area contributed by atoms with Crippen molar-refractivity contribution in [2.75, 3.05) is 5.33 Å². The summed E-state index contributed by atoms with van der Waals surface area (Å²) in [6, 6.07) is 9.69. The van der Waals surface area contributed by atoms with E-state index >= 15 is 0 Å². The maximum absolute atomic E-state index is 8.65. The number of nitriles is 1. The molecule has 0 saturated heterocycles. The van der Waals surface area contributed by atoms with Gasteiger partial charge in [0.15, 0.2) is 0 Å². The first-order valence-electron chi connectivity index (χ1n) is 4.09. The molecule has 0 aliphatic carbocycles. The van der Waals surface area contributed by atoms with E-state index in [4.69, 9.17) is 5.26 Å². The van der Waals surface area contributed by atoms with Crippen LogP contribution in [0, 0.1) is 11.3 Å². The van der Waals surface area contributed by atoms with E-state index in [9.17, 15) is 0 Å². The highest BCUT2D eigenvalue weighted by Gasteiger charge is 1.89. The lowest BCUT2D eigenvalue weighted by atomic mass is 10.1. The Hall–Kier alpha value is -1.07. The Labute approximate surface area is 86.8 Å². The number of halogens is 1. The largest absolute Gasteiger partial charge is 0.192 e. The minimum absolute atomic E-state index is 0.709. The number of benzene rings is 1. The maximum atomic E-state index is 8.65. The maximum Gasteiger partial charge on any atom is 0.0991 e. The molecule has 66 valence electrons. The van der Waals surface area contributed by atoms with Gasteiger partial charge in [0, 0.05) is 5.33 Å². The molecule has 0 aliphatic rings. The first kappa shape index (κ1) is 10.0. The standard InChI is InChI=1S/C11H10BrN/c12-7-2-1-4-10-5-3-6-11(8-10)9-13/h1,3-6,8H,2,7H2. The fourth-order valence-corrected chi connectivity index (χ4v) is 1.26. The van der Waals surface area contributed by atoms with Crippen molar-refractivity contribution in [3.63, 3.8) is 0 Å². The van der Waals surface area contributed by atoms with E-state index in [2.05, 4.69) is 28.1 Å². The fraction of sp³-hybridized carbons (Fsp3) is 0.182. The third-order valence-corrected chi connectivity index (χ3v) is 2.06. The summed E-state index contributed by atoms with van der Waals surface area (Å²) in [6.45, 7) is 0. The van der Waals surface area contributed by atoms with E-state index in [-0.39, 0.29) is 0 Å². The van der Waals surface area contributed by atoms with Gasteiger partial charge in [-0.05, 0) is 24.1 Å². The van der Waals surface area contributed by atoms with Gasteiger partial charge in [0.25, 0.3) is 0 Å². The van der Waals surface area contributed by atoms with Crippen LogP contribution < -0.4 is 0 Å². The second kappa shape index (κ2) is 5.55. The number of alkyl halides is 1. The Morgan fingerprint density at radius 2 is 2.31 bits per heavy atom. The first-order chi connectivity index (χ1) is 6.36. The van der Waals surface area contributed by atoms with E-state index in [0.717, 1.165) is 17.3 Å². The van der Waals surface area contributed by atoms with Crippen LogP contribution in [-0.4, -0.2) is 5.33 Å².